The number of methoxy groups -OCH3 is 1. The Morgan fingerprint density at radius 1 is 1.17 bits per heavy atom. The number of aromatic amines is 1. The Balaban J connectivity index is 0.00000104. The molecule has 0 unspecified atom stereocenters. The van der Waals surface area contributed by atoms with Crippen LogP contribution in [0.15, 0.2) is 24.4 Å². The Hall–Kier alpha value is -0.940. The van der Waals surface area contributed by atoms with Crippen LogP contribution < -0.4 is 10.1 Å². The monoisotopic (exact) mass is 371 g/mol. The van der Waals surface area contributed by atoms with E-state index in [2.05, 4.69) is 33.5 Å². The van der Waals surface area contributed by atoms with Crippen molar-refractivity contribution < 1.29 is 4.74 Å². The molecule has 1 aliphatic heterocycles. The highest BCUT2D eigenvalue weighted by atomic mass is 35.5. The molecule has 1 aromatic heterocycles. The van der Waals surface area contributed by atoms with Gasteiger partial charge in [0.05, 0.1) is 7.11 Å². The van der Waals surface area contributed by atoms with Crippen LogP contribution in [-0.2, 0) is 0 Å². The van der Waals surface area contributed by atoms with Gasteiger partial charge < -0.3 is 15.0 Å². The van der Waals surface area contributed by atoms with Crippen LogP contribution in [0.25, 0.3) is 10.9 Å². The minimum Gasteiger partial charge on any atom is -0.497 e. The number of rotatable bonds is 4. The van der Waals surface area contributed by atoms with E-state index in [1.165, 1.54) is 35.7 Å². The third kappa shape index (κ3) is 3.52. The fourth-order valence-corrected chi connectivity index (χ4v) is 3.96. The Labute approximate surface area is 156 Å². The average molecular weight is 372 g/mol. The molecular weight excluding hydrogens is 345 g/mol. The maximum atomic E-state index is 5.44. The summed E-state index contributed by atoms with van der Waals surface area (Å²) in [6.07, 6.45) is 6.35. The van der Waals surface area contributed by atoms with Crippen molar-refractivity contribution in [2.45, 2.75) is 25.3 Å². The predicted octanol–water partition coefficient (Wildman–Crippen LogP) is 3.77. The fraction of sp³-hybridized carbons (Fsp3) is 0.556. The van der Waals surface area contributed by atoms with Crippen molar-refractivity contribution in [1.29, 1.82) is 0 Å². The number of fused-ring (bicyclic) bond motifs is 1. The summed E-state index contributed by atoms with van der Waals surface area (Å²) in [6, 6.07) is 6.91. The first-order chi connectivity index (χ1) is 10.9. The summed E-state index contributed by atoms with van der Waals surface area (Å²) in [4.78, 5) is 6.15. The lowest BCUT2D eigenvalue weighted by Crippen LogP contribution is -2.47. The molecule has 1 aliphatic carbocycles. The van der Waals surface area contributed by atoms with E-state index in [9.17, 15) is 0 Å². The predicted molar refractivity (Wildman–Crippen MR) is 104 cm³/mol. The smallest absolute Gasteiger partial charge is 0.119 e. The first-order valence-electron chi connectivity index (χ1n) is 8.46. The molecule has 1 aromatic carbocycles. The van der Waals surface area contributed by atoms with Crippen molar-refractivity contribution in [3.8, 4) is 5.75 Å². The quantitative estimate of drug-likeness (QED) is 0.859. The van der Waals surface area contributed by atoms with Crippen LogP contribution in [0.1, 0.15) is 30.9 Å². The number of benzene rings is 1. The SMILES string of the molecule is COc1ccc2[nH]cc([C@@H](C3CCC3)N3CCNCC3)c2c1.Cl.Cl. The third-order valence-electron chi connectivity index (χ3n) is 5.38. The first-order valence-corrected chi connectivity index (χ1v) is 8.46. The van der Waals surface area contributed by atoms with Crippen molar-refractivity contribution in [3.05, 3.63) is 30.0 Å². The third-order valence-corrected chi connectivity index (χ3v) is 5.38. The summed E-state index contributed by atoms with van der Waals surface area (Å²) in [5, 5.41) is 4.80. The van der Waals surface area contributed by atoms with E-state index in [1.54, 1.807) is 7.11 Å². The molecule has 6 heteroatoms. The van der Waals surface area contributed by atoms with Gasteiger partial charge >= 0.3 is 0 Å². The number of nitrogens with zero attached hydrogens (tertiary/aromatic N) is 1. The maximum Gasteiger partial charge on any atom is 0.119 e. The Morgan fingerprint density at radius 3 is 2.54 bits per heavy atom. The molecular formula is C18H27Cl2N3O. The van der Waals surface area contributed by atoms with Crippen LogP contribution in [0.5, 0.6) is 5.75 Å². The van der Waals surface area contributed by atoms with Gasteiger partial charge in [0.1, 0.15) is 5.75 Å². The Bertz CT molecular complexity index is 651. The van der Waals surface area contributed by atoms with Gasteiger partial charge in [0, 0.05) is 49.3 Å². The summed E-state index contributed by atoms with van der Waals surface area (Å²) in [6.45, 7) is 4.51. The number of nitrogens with one attached hydrogen (secondary N) is 2. The molecule has 2 aromatic rings. The molecule has 1 atom stereocenters. The number of ether oxygens (including phenoxy) is 1. The lowest BCUT2D eigenvalue weighted by atomic mass is 9.76. The molecule has 134 valence electrons. The molecule has 2 fully saturated rings. The largest absolute Gasteiger partial charge is 0.497 e. The summed E-state index contributed by atoms with van der Waals surface area (Å²) >= 11 is 0. The van der Waals surface area contributed by atoms with Gasteiger partial charge in [0.2, 0.25) is 0 Å². The standard InChI is InChI=1S/C18H25N3O.2ClH/c1-22-14-5-6-17-15(11-14)16(12-20-17)18(13-3-2-4-13)21-9-7-19-8-10-21;;/h5-6,11-13,18-20H,2-4,7-10H2,1H3;2*1H/t18-;;/m1../s1. The summed E-state index contributed by atoms with van der Waals surface area (Å²) in [7, 11) is 1.74. The van der Waals surface area contributed by atoms with E-state index in [-0.39, 0.29) is 24.8 Å². The molecule has 4 rings (SSSR count). The van der Waals surface area contributed by atoms with E-state index in [4.69, 9.17) is 4.74 Å². The zero-order valence-electron chi connectivity index (χ0n) is 14.1. The second-order valence-corrected chi connectivity index (χ2v) is 6.58. The second kappa shape index (κ2) is 8.43. The van der Waals surface area contributed by atoms with Gasteiger partial charge in [-0.2, -0.15) is 0 Å². The van der Waals surface area contributed by atoms with Crippen LogP contribution in [0, 0.1) is 5.92 Å². The normalized spacial score (nSPS) is 19.9. The van der Waals surface area contributed by atoms with Crippen LogP contribution in [-0.4, -0.2) is 43.2 Å². The van der Waals surface area contributed by atoms with Gasteiger partial charge in [-0.25, -0.2) is 0 Å². The van der Waals surface area contributed by atoms with Crippen molar-refractivity contribution in [1.82, 2.24) is 15.2 Å². The number of aromatic nitrogens is 1. The van der Waals surface area contributed by atoms with Gasteiger partial charge in [0.15, 0.2) is 0 Å². The molecule has 1 saturated carbocycles. The van der Waals surface area contributed by atoms with Gasteiger partial charge in [0.25, 0.3) is 0 Å². The summed E-state index contributed by atoms with van der Waals surface area (Å²) < 4.78 is 5.44. The van der Waals surface area contributed by atoms with E-state index in [0.29, 0.717) is 6.04 Å². The molecule has 1 saturated heterocycles. The summed E-state index contributed by atoms with van der Waals surface area (Å²) in [5.41, 5.74) is 2.68. The van der Waals surface area contributed by atoms with Gasteiger partial charge in [-0.15, -0.1) is 24.8 Å². The molecule has 4 nitrogen and oxygen atoms in total. The van der Waals surface area contributed by atoms with E-state index in [1.807, 2.05) is 6.07 Å². The lowest BCUT2D eigenvalue weighted by molar-refractivity contribution is 0.0846. The minimum atomic E-state index is 0. The van der Waals surface area contributed by atoms with Gasteiger partial charge in [-0.05, 0) is 42.5 Å². The van der Waals surface area contributed by atoms with Crippen LogP contribution in [0.4, 0.5) is 0 Å². The lowest BCUT2D eigenvalue weighted by Gasteiger charge is -2.43. The molecule has 0 bridgehead atoms. The topological polar surface area (TPSA) is 40.3 Å². The first kappa shape index (κ1) is 19.4. The van der Waals surface area contributed by atoms with Crippen molar-refractivity contribution in [2.24, 2.45) is 5.92 Å². The average Bonchev–Trinajstić information content (AvgIpc) is 2.94. The summed E-state index contributed by atoms with van der Waals surface area (Å²) in [5.74, 6) is 1.75. The van der Waals surface area contributed by atoms with Crippen LogP contribution in [0.2, 0.25) is 0 Å². The molecule has 0 radical (unpaired) electrons. The van der Waals surface area contributed by atoms with Gasteiger partial charge in [-0.1, -0.05) is 6.42 Å². The van der Waals surface area contributed by atoms with Crippen LogP contribution in [0.3, 0.4) is 0 Å². The highest BCUT2D eigenvalue weighted by Gasteiger charge is 2.34. The van der Waals surface area contributed by atoms with E-state index < -0.39 is 0 Å². The highest BCUT2D eigenvalue weighted by molar-refractivity contribution is 5.86. The van der Waals surface area contributed by atoms with Crippen molar-refractivity contribution >= 4 is 35.7 Å². The number of piperazine rings is 1. The zero-order valence-corrected chi connectivity index (χ0v) is 15.7. The highest BCUT2D eigenvalue weighted by Crippen LogP contribution is 2.43. The zero-order chi connectivity index (χ0) is 14.9. The van der Waals surface area contributed by atoms with Crippen molar-refractivity contribution in [3.63, 3.8) is 0 Å². The van der Waals surface area contributed by atoms with E-state index in [0.717, 1.165) is 37.8 Å². The molecule has 24 heavy (non-hydrogen) atoms. The molecule has 2 N–H and O–H groups in total. The second-order valence-electron chi connectivity index (χ2n) is 6.58. The number of hydrogen-bond donors (Lipinski definition) is 2. The molecule has 0 spiro atoms. The maximum absolute atomic E-state index is 5.44. The Morgan fingerprint density at radius 2 is 1.92 bits per heavy atom. The van der Waals surface area contributed by atoms with Crippen LogP contribution >= 0.6 is 24.8 Å². The number of halogens is 2. The number of H-pyrrole nitrogens is 1. The Kier molecular flexibility index (Phi) is 6.81. The van der Waals surface area contributed by atoms with Gasteiger partial charge in [-0.3, -0.25) is 4.90 Å². The van der Waals surface area contributed by atoms with Crippen molar-refractivity contribution in [2.75, 3.05) is 33.3 Å². The number of hydrogen-bond acceptors (Lipinski definition) is 3. The molecule has 0 amide bonds. The molecule has 2 heterocycles. The fourth-order valence-electron chi connectivity index (χ4n) is 3.96. The molecule has 2 aliphatic rings. The minimum absolute atomic E-state index is 0. The van der Waals surface area contributed by atoms with E-state index >= 15 is 0 Å².